The van der Waals surface area contributed by atoms with Gasteiger partial charge in [-0.25, -0.2) is 0 Å². The normalized spacial score (nSPS) is 10.8. The van der Waals surface area contributed by atoms with Crippen LogP contribution in [0.15, 0.2) is 0 Å². The third-order valence-electron chi connectivity index (χ3n) is 1.67. The molecule has 0 aromatic rings. The summed E-state index contributed by atoms with van der Waals surface area (Å²) in [6.07, 6.45) is 6.64. The van der Waals surface area contributed by atoms with Crippen molar-refractivity contribution in [1.29, 1.82) is 0 Å². The second-order valence-corrected chi connectivity index (χ2v) is 3.66. The first-order chi connectivity index (χ1) is 4.77. The van der Waals surface area contributed by atoms with Crippen molar-refractivity contribution in [2.24, 2.45) is 5.92 Å². The number of hydrogen-bond acceptors (Lipinski definition) is 0. The first-order valence-electron chi connectivity index (χ1n) is 4.33. The van der Waals surface area contributed by atoms with Crippen LogP contribution in [0.4, 0.5) is 0 Å². The summed E-state index contributed by atoms with van der Waals surface area (Å²) in [5, 5.41) is 0. The molecule has 0 aliphatic carbocycles. The van der Waals surface area contributed by atoms with Gasteiger partial charge in [0.15, 0.2) is 0 Å². The Hall–Kier alpha value is 0.290. The van der Waals surface area contributed by atoms with Gasteiger partial charge in [0.2, 0.25) is 0 Å². The number of halogens is 1. The van der Waals surface area contributed by atoms with E-state index in [9.17, 15) is 0 Å². The molecule has 10 heavy (non-hydrogen) atoms. The minimum atomic E-state index is 0.835. The molecule has 0 atom stereocenters. The number of rotatable bonds is 6. The summed E-state index contributed by atoms with van der Waals surface area (Å²) in [5.74, 6) is 1.71. The van der Waals surface area contributed by atoms with Crippen molar-refractivity contribution in [2.45, 2.75) is 46.0 Å². The Morgan fingerprint density at radius 3 is 2.10 bits per heavy atom. The number of alkyl halides is 1. The van der Waals surface area contributed by atoms with E-state index >= 15 is 0 Å². The summed E-state index contributed by atoms with van der Waals surface area (Å²) in [5.41, 5.74) is 0. The van der Waals surface area contributed by atoms with E-state index in [1.165, 1.54) is 32.1 Å². The maximum Gasteiger partial charge on any atom is 0.0223 e. The van der Waals surface area contributed by atoms with Crippen LogP contribution in [-0.4, -0.2) is 5.88 Å². The maximum absolute atomic E-state index is 5.54. The molecule has 0 N–H and O–H groups in total. The molecule has 0 saturated heterocycles. The zero-order valence-electron chi connectivity index (χ0n) is 7.20. The molecule has 62 valence electrons. The third-order valence-corrected chi connectivity index (χ3v) is 1.93. The predicted octanol–water partition coefficient (Wildman–Crippen LogP) is 3.83. The first-order valence-corrected chi connectivity index (χ1v) is 4.86. The zero-order valence-corrected chi connectivity index (χ0v) is 7.95. The zero-order chi connectivity index (χ0) is 7.82. The van der Waals surface area contributed by atoms with E-state index in [4.69, 9.17) is 11.6 Å². The minimum absolute atomic E-state index is 0.835. The molecule has 0 fully saturated rings. The smallest absolute Gasteiger partial charge is 0.0223 e. The second-order valence-electron chi connectivity index (χ2n) is 3.29. The van der Waals surface area contributed by atoms with Crippen molar-refractivity contribution in [3.63, 3.8) is 0 Å². The molecular formula is C9H19Cl. The van der Waals surface area contributed by atoms with Crippen molar-refractivity contribution in [3.05, 3.63) is 0 Å². The van der Waals surface area contributed by atoms with Crippen LogP contribution in [0.25, 0.3) is 0 Å². The molecule has 0 aromatic heterocycles. The lowest BCUT2D eigenvalue weighted by molar-refractivity contribution is 0.525. The molecule has 0 saturated carbocycles. The van der Waals surface area contributed by atoms with Gasteiger partial charge < -0.3 is 0 Å². The van der Waals surface area contributed by atoms with Crippen LogP contribution >= 0.6 is 11.6 Å². The SMILES string of the molecule is CC(C)CCCCCCCl. The monoisotopic (exact) mass is 162 g/mol. The van der Waals surface area contributed by atoms with Crippen molar-refractivity contribution in [3.8, 4) is 0 Å². The summed E-state index contributed by atoms with van der Waals surface area (Å²) in [4.78, 5) is 0. The largest absolute Gasteiger partial charge is 0.127 e. The molecule has 0 spiro atoms. The van der Waals surface area contributed by atoms with Crippen LogP contribution < -0.4 is 0 Å². The van der Waals surface area contributed by atoms with Gasteiger partial charge in [-0.05, 0) is 12.3 Å². The molecule has 0 nitrogen and oxygen atoms in total. The van der Waals surface area contributed by atoms with Crippen molar-refractivity contribution >= 4 is 11.6 Å². The fourth-order valence-electron chi connectivity index (χ4n) is 1.00. The van der Waals surface area contributed by atoms with Gasteiger partial charge in [0.25, 0.3) is 0 Å². The lowest BCUT2D eigenvalue weighted by atomic mass is 10.1. The van der Waals surface area contributed by atoms with Gasteiger partial charge in [0.05, 0.1) is 0 Å². The molecule has 0 bridgehead atoms. The fraction of sp³-hybridized carbons (Fsp3) is 1.00. The number of unbranched alkanes of at least 4 members (excludes halogenated alkanes) is 3. The molecule has 1 heteroatoms. The standard InChI is InChI=1S/C9H19Cl/c1-9(2)7-5-3-4-6-8-10/h9H,3-8H2,1-2H3. The highest BCUT2D eigenvalue weighted by Crippen LogP contribution is 2.09. The molecule has 0 aromatic carbocycles. The van der Waals surface area contributed by atoms with Gasteiger partial charge in [0, 0.05) is 5.88 Å². The van der Waals surface area contributed by atoms with Crippen LogP contribution in [-0.2, 0) is 0 Å². The van der Waals surface area contributed by atoms with E-state index < -0.39 is 0 Å². The van der Waals surface area contributed by atoms with E-state index in [2.05, 4.69) is 13.8 Å². The molecule has 0 heterocycles. The Balaban J connectivity index is 2.77. The Bertz CT molecular complexity index is 59.7. The molecule has 0 amide bonds. The van der Waals surface area contributed by atoms with Crippen molar-refractivity contribution in [1.82, 2.24) is 0 Å². The quantitative estimate of drug-likeness (QED) is 0.412. The summed E-state index contributed by atoms with van der Waals surface area (Å²) in [6.45, 7) is 4.56. The lowest BCUT2D eigenvalue weighted by Crippen LogP contribution is -1.87. The van der Waals surface area contributed by atoms with E-state index in [1.54, 1.807) is 0 Å². The van der Waals surface area contributed by atoms with Crippen LogP contribution in [0.5, 0.6) is 0 Å². The highest BCUT2D eigenvalue weighted by Gasteiger charge is 1.93. The van der Waals surface area contributed by atoms with E-state index in [-0.39, 0.29) is 0 Å². The average Bonchev–Trinajstić information content (AvgIpc) is 1.87. The molecule has 0 rings (SSSR count). The van der Waals surface area contributed by atoms with Gasteiger partial charge >= 0.3 is 0 Å². The van der Waals surface area contributed by atoms with Gasteiger partial charge in [-0.15, -0.1) is 11.6 Å². The second kappa shape index (κ2) is 7.40. The van der Waals surface area contributed by atoms with Crippen LogP contribution in [0.1, 0.15) is 46.0 Å². The summed E-state index contributed by atoms with van der Waals surface area (Å²) in [6, 6.07) is 0. The summed E-state index contributed by atoms with van der Waals surface area (Å²) in [7, 11) is 0. The molecule has 0 aliphatic rings. The highest BCUT2D eigenvalue weighted by molar-refractivity contribution is 6.17. The van der Waals surface area contributed by atoms with Crippen LogP contribution in [0.2, 0.25) is 0 Å². The average molecular weight is 163 g/mol. The fourth-order valence-corrected chi connectivity index (χ4v) is 1.19. The number of hydrogen-bond donors (Lipinski definition) is 0. The van der Waals surface area contributed by atoms with E-state index in [0.717, 1.165) is 11.8 Å². The summed E-state index contributed by atoms with van der Waals surface area (Å²) >= 11 is 5.54. The van der Waals surface area contributed by atoms with Crippen molar-refractivity contribution < 1.29 is 0 Å². The Morgan fingerprint density at radius 1 is 1.00 bits per heavy atom. The summed E-state index contributed by atoms with van der Waals surface area (Å²) < 4.78 is 0. The van der Waals surface area contributed by atoms with Gasteiger partial charge in [-0.1, -0.05) is 39.5 Å². The Labute approximate surface area is 70.0 Å². The van der Waals surface area contributed by atoms with Crippen LogP contribution in [0.3, 0.4) is 0 Å². The lowest BCUT2D eigenvalue weighted by Gasteiger charge is -2.02. The minimum Gasteiger partial charge on any atom is -0.127 e. The van der Waals surface area contributed by atoms with Gasteiger partial charge in [-0.3, -0.25) is 0 Å². The molecule has 0 aliphatic heterocycles. The van der Waals surface area contributed by atoms with E-state index in [0.29, 0.717) is 0 Å². The topological polar surface area (TPSA) is 0 Å². The first kappa shape index (κ1) is 10.3. The van der Waals surface area contributed by atoms with Crippen LogP contribution in [0, 0.1) is 5.92 Å². The van der Waals surface area contributed by atoms with Crippen molar-refractivity contribution in [2.75, 3.05) is 5.88 Å². The van der Waals surface area contributed by atoms with Gasteiger partial charge in [0.1, 0.15) is 0 Å². The Morgan fingerprint density at radius 2 is 1.60 bits per heavy atom. The maximum atomic E-state index is 5.54. The molecular weight excluding hydrogens is 144 g/mol. The third kappa shape index (κ3) is 8.29. The predicted molar refractivity (Wildman–Crippen MR) is 48.6 cm³/mol. The van der Waals surface area contributed by atoms with E-state index in [1.807, 2.05) is 0 Å². The highest BCUT2D eigenvalue weighted by atomic mass is 35.5. The van der Waals surface area contributed by atoms with Gasteiger partial charge in [-0.2, -0.15) is 0 Å². The molecule has 0 radical (unpaired) electrons. The molecule has 0 unspecified atom stereocenters. The Kier molecular flexibility index (Phi) is 7.61.